The van der Waals surface area contributed by atoms with Crippen LogP contribution in [-0.2, 0) is 14.5 Å². The molecule has 0 heterocycles. The maximum atomic E-state index is 11.2. The molecule has 2 atom stereocenters. The lowest BCUT2D eigenvalue weighted by atomic mass is 10.1. The quantitative estimate of drug-likeness (QED) is 0.850. The Balaban J connectivity index is 2.84. The summed E-state index contributed by atoms with van der Waals surface area (Å²) < 4.78 is 29.0. The van der Waals surface area contributed by atoms with Gasteiger partial charge in [0.25, 0.3) is 0 Å². The lowest BCUT2D eigenvalue weighted by Gasteiger charge is -2.19. The topological polar surface area (TPSA) is 75.6 Å². The summed E-state index contributed by atoms with van der Waals surface area (Å²) in [6.07, 6.45) is -2.06. The predicted octanol–water partition coefficient (Wildman–Crippen LogP) is 1.24. The summed E-state index contributed by atoms with van der Waals surface area (Å²) in [5, 5.41) is 10.3. The second-order valence-electron chi connectivity index (χ2n) is 3.43. The first-order valence-corrected chi connectivity index (χ1v) is 6.70. The van der Waals surface area contributed by atoms with E-state index >= 15 is 0 Å². The van der Waals surface area contributed by atoms with Crippen LogP contribution in [0.2, 0.25) is 5.02 Å². The van der Waals surface area contributed by atoms with Gasteiger partial charge in [0.05, 0.1) is 0 Å². The molecule has 1 aromatic carbocycles. The van der Waals surface area contributed by atoms with Gasteiger partial charge in [-0.05, 0) is 13.0 Å². The Labute approximate surface area is 106 Å². The molecule has 0 saturated carbocycles. The molecule has 17 heavy (non-hydrogen) atoms. The normalized spacial score (nSPS) is 15.5. The monoisotopic (exact) mass is 279 g/mol. The van der Waals surface area contributed by atoms with Gasteiger partial charge in [0.15, 0.2) is 0 Å². The molecule has 0 spiro atoms. The van der Waals surface area contributed by atoms with E-state index in [4.69, 9.17) is 15.8 Å². The van der Waals surface area contributed by atoms with Gasteiger partial charge in [-0.1, -0.05) is 29.8 Å². The van der Waals surface area contributed by atoms with Gasteiger partial charge in [0.1, 0.15) is 12.2 Å². The Morgan fingerprint density at radius 2 is 2.00 bits per heavy atom. The smallest absolute Gasteiger partial charge is 0.335 e. The molecule has 0 aliphatic carbocycles. The first kappa shape index (κ1) is 14.4. The molecule has 2 N–H and O–H groups in total. The molecule has 0 aliphatic heterocycles. The van der Waals surface area contributed by atoms with E-state index in [9.17, 15) is 13.5 Å². The summed E-state index contributed by atoms with van der Waals surface area (Å²) in [6.45, 7) is 1.45. The van der Waals surface area contributed by atoms with E-state index in [-0.39, 0.29) is 0 Å². The van der Waals surface area contributed by atoms with Crippen LogP contribution in [0.25, 0.3) is 0 Å². The Kier molecular flexibility index (Phi) is 4.91. The Hall–Kier alpha value is -0.660. The van der Waals surface area contributed by atoms with Crippen molar-refractivity contribution in [3.8, 4) is 0 Å². The maximum Gasteiger partial charge on any atom is 0.335 e. The van der Waals surface area contributed by atoms with Crippen molar-refractivity contribution in [2.24, 2.45) is 0 Å². The van der Waals surface area contributed by atoms with E-state index in [2.05, 4.69) is 0 Å². The summed E-state index contributed by atoms with van der Waals surface area (Å²) in [7, 11) is -2.61. The Morgan fingerprint density at radius 3 is 2.53 bits per heavy atom. The lowest BCUT2D eigenvalue weighted by Crippen LogP contribution is -2.29. The SMILES string of the molecule is CNS(=O)(=O)O[C@H](C)[C@H](O)c1ccccc1Cl. The number of rotatable bonds is 5. The number of halogens is 1. The van der Waals surface area contributed by atoms with Crippen LogP contribution in [0.3, 0.4) is 0 Å². The highest BCUT2D eigenvalue weighted by Crippen LogP contribution is 2.26. The average Bonchev–Trinajstić information content (AvgIpc) is 2.28. The van der Waals surface area contributed by atoms with E-state index in [0.29, 0.717) is 10.6 Å². The minimum Gasteiger partial charge on any atom is -0.386 e. The number of benzene rings is 1. The van der Waals surface area contributed by atoms with E-state index in [1.165, 1.54) is 14.0 Å². The van der Waals surface area contributed by atoms with Crippen molar-refractivity contribution in [1.82, 2.24) is 4.72 Å². The highest BCUT2D eigenvalue weighted by molar-refractivity contribution is 7.84. The molecule has 5 nitrogen and oxygen atoms in total. The largest absolute Gasteiger partial charge is 0.386 e. The van der Waals surface area contributed by atoms with E-state index < -0.39 is 22.5 Å². The van der Waals surface area contributed by atoms with Crippen molar-refractivity contribution in [1.29, 1.82) is 0 Å². The van der Waals surface area contributed by atoms with Gasteiger partial charge in [-0.25, -0.2) is 0 Å². The van der Waals surface area contributed by atoms with Crippen LogP contribution in [0.15, 0.2) is 24.3 Å². The molecule has 0 bridgehead atoms. The van der Waals surface area contributed by atoms with Crippen molar-refractivity contribution < 1.29 is 17.7 Å². The van der Waals surface area contributed by atoms with Crippen LogP contribution >= 0.6 is 11.6 Å². The van der Waals surface area contributed by atoms with Gasteiger partial charge in [-0.3, -0.25) is 4.18 Å². The third kappa shape index (κ3) is 3.93. The molecule has 1 aromatic rings. The zero-order chi connectivity index (χ0) is 13.1. The molecule has 1 rings (SSSR count). The zero-order valence-electron chi connectivity index (χ0n) is 9.42. The van der Waals surface area contributed by atoms with Crippen LogP contribution in [0, 0.1) is 0 Å². The number of nitrogens with one attached hydrogen (secondary N) is 1. The van der Waals surface area contributed by atoms with Crippen LogP contribution in [0.4, 0.5) is 0 Å². The third-order valence-corrected chi connectivity index (χ3v) is 3.60. The Morgan fingerprint density at radius 1 is 1.41 bits per heavy atom. The summed E-state index contributed by atoms with van der Waals surface area (Å²) in [5.41, 5.74) is 0.424. The fourth-order valence-electron chi connectivity index (χ4n) is 1.27. The molecule has 0 unspecified atom stereocenters. The van der Waals surface area contributed by atoms with Crippen LogP contribution in [0.5, 0.6) is 0 Å². The molecule has 0 aromatic heterocycles. The highest BCUT2D eigenvalue weighted by atomic mass is 35.5. The number of aliphatic hydroxyl groups is 1. The summed E-state index contributed by atoms with van der Waals surface area (Å²) in [6, 6.07) is 6.64. The summed E-state index contributed by atoms with van der Waals surface area (Å²) >= 11 is 5.89. The molecule has 7 heteroatoms. The van der Waals surface area contributed by atoms with Gasteiger partial charge >= 0.3 is 10.3 Å². The van der Waals surface area contributed by atoms with Crippen LogP contribution < -0.4 is 4.72 Å². The predicted molar refractivity (Wildman–Crippen MR) is 64.9 cm³/mol. The van der Waals surface area contributed by atoms with Gasteiger partial charge in [-0.15, -0.1) is 0 Å². The summed E-state index contributed by atoms with van der Waals surface area (Å²) in [4.78, 5) is 0. The Bertz CT molecular complexity index is 477. The molecular weight excluding hydrogens is 266 g/mol. The molecular formula is C10H14ClNO4S. The van der Waals surface area contributed by atoms with Crippen LogP contribution in [0.1, 0.15) is 18.6 Å². The first-order valence-electron chi connectivity index (χ1n) is 4.91. The molecule has 0 saturated heterocycles. The number of aliphatic hydroxyl groups excluding tert-OH is 1. The highest BCUT2D eigenvalue weighted by Gasteiger charge is 2.24. The summed E-state index contributed by atoms with van der Waals surface area (Å²) in [5.74, 6) is 0. The van der Waals surface area contributed by atoms with Gasteiger partial charge in [0, 0.05) is 17.6 Å². The van der Waals surface area contributed by atoms with Gasteiger partial charge < -0.3 is 5.11 Å². The van der Waals surface area contributed by atoms with Gasteiger partial charge in [-0.2, -0.15) is 13.1 Å². The number of hydrogen-bond acceptors (Lipinski definition) is 4. The van der Waals surface area contributed by atoms with E-state index in [1.807, 2.05) is 4.72 Å². The van der Waals surface area contributed by atoms with E-state index in [0.717, 1.165) is 0 Å². The van der Waals surface area contributed by atoms with Crippen molar-refractivity contribution >= 4 is 21.9 Å². The first-order chi connectivity index (χ1) is 7.87. The van der Waals surface area contributed by atoms with Gasteiger partial charge in [0.2, 0.25) is 0 Å². The number of hydrogen-bond donors (Lipinski definition) is 2. The fraction of sp³-hybridized carbons (Fsp3) is 0.400. The van der Waals surface area contributed by atoms with Crippen molar-refractivity contribution in [2.45, 2.75) is 19.1 Å². The van der Waals surface area contributed by atoms with Crippen LogP contribution in [-0.4, -0.2) is 26.7 Å². The average molecular weight is 280 g/mol. The second kappa shape index (κ2) is 5.79. The lowest BCUT2D eigenvalue weighted by molar-refractivity contribution is 0.0500. The molecule has 0 radical (unpaired) electrons. The van der Waals surface area contributed by atoms with Crippen molar-refractivity contribution in [3.05, 3.63) is 34.9 Å². The molecule has 96 valence electrons. The minimum atomic E-state index is -3.84. The third-order valence-electron chi connectivity index (χ3n) is 2.20. The van der Waals surface area contributed by atoms with Crippen molar-refractivity contribution in [3.63, 3.8) is 0 Å². The molecule has 0 fully saturated rings. The maximum absolute atomic E-state index is 11.2. The second-order valence-corrected chi connectivity index (χ2v) is 5.34. The van der Waals surface area contributed by atoms with Crippen molar-refractivity contribution in [2.75, 3.05) is 7.05 Å². The fourth-order valence-corrected chi connectivity index (χ4v) is 2.12. The molecule has 0 aliphatic rings. The molecule has 0 amide bonds. The zero-order valence-corrected chi connectivity index (χ0v) is 11.0. The standard InChI is InChI=1S/C10H14ClNO4S/c1-7(16-17(14,15)12-2)10(13)8-5-3-4-6-9(8)11/h3-7,10,12-13H,1-2H3/t7-,10+/m1/s1. The minimum absolute atomic E-state index is 0.359. The van der Waals surface area contributed by atoms with E-state index in [1.54, 1.807) is 24.3 Å².